The van der Waals surface area contributed by atoms with Crippen molar-refractivity contribution in [1.82, 2.24) is 0 Å². The van der Waals surface area contributed by atoms with Crippen molar-refractivity contribution >= 4 is 33.3 Å². The van der Waals surface area contributed by atoms with Crippen LogP contribution in [0.2, 0.25) is 0 Å². The summed E-state index contributed by atoms with van der Waals surface area (Å²) < 4.78 is 0. The van der Waals surface area contributed by atoms with Crippen LogP contribution in [0.5, 0.6) is 0 Å². The summed E-state index contributed by atoms with van der Waals surface area (Å²) in [5.41, 5.74) is 0. The molecule has 1 nitrogen and oxygen atoms in total. The first-order valence-corrected chi connectivity index (χ1v) is 2.81. The normalized spacial score (nSPS) is 12.3. The summed E-state index contributed by atoms with van der Waals surface area (Å²) >= 11 is 7.42. The number of aliphatic imine (C=N–C) groups is 1. The molecule has 3 heteroatoms. The molecule has 0 radical (unpaired) electrons. The van der Waals surface area contributed by atoms with Crippen LogP contribution in [-0.2, 0) is 0 Å². The van der Waals surface area contributed by atoms with Gasteiger partial charge in [0.2, 0.25) is 0 Å². The summed E-state index contributed by atoms with van der Waals surface area (Å²) in [4.78, 5) is 3.73. The maximum Gasteiger partial charge on any atom is 0.112 e. The van der Waals surface area contributed by atoms with Crippen molar-refractivity contribution in [3.63, 3.8) is 0 Å². The number of isothiocyanates is 1. The third kappa shape index (κ3) is 4.28. The molecule has 1 unspecified atom stereocenters. The Kier molecular flexibility index (Phi) is 3.63. The summed E-state index contributed by atoms with van der Waals surface area (Å²) in [6.07, 6.45) is 0. The van der Waals surface area contributed by atoms with Crippen molar-refractivity contribution < 1.29 is 0 Å². The Morgan fingerprint density at radius 2 is 2.50 bits per heavy atom. The number of thiocarbonyl (C=S) groups is 1. The van der Waals surface area contributed by atoms with E-state index in [9.17, 15) is 0 Å². The zero-order chi connectivity index (χ0) is 4.99. The standard InChI is InChI=1S/C3H4BrNS/c1-3(4)5-2-6/h3H,1H3. The van der Waals surface area contributed by atoms with Gasteiger partial charge in [0, 0.05) is 0 Å². The van der Waals surface area contributed by atoms with Crippen LogP contribution >= 0.6 is 28.1 Å². The second-order valence-corrected chi connectivity index (χ2v) is 2.30. The molecule has 0 spiro atoms. The SMILES string of the molecule is CC(Br)N=C=S. The average Bonchev–Trinajstić information content (AvgIpc) is 1.35. The third-order valence-corrected chi connectivity index (χ3v) is 0.541. The maximum atomic E-state index is 4.28. The van der Waals surface area contributed by atoms with E-state index in [-0.39, 0.29) is 4.95 Å². The summed E-state index contributed by atoms with van der Waals surface area (Å²) in [6.45, 7) is 1.87. The Hall–Kier alpha value is 0.280. The van der Waals surface area contributed by atoms with Crippen LogP contribution in [0.3, 0.4) is 0 Å². The lowest BCUT2D eigenvalue weighted by Crippen LogP contribution is -1.76. The minimum absolute atomic E-state index is 0.120. The van der Waals surface area contributed by atoms with Crippen molar-refractivity contribution in [2.45, 2.75) is 11.9 Å². The topological polar surface area (TPSA) is 12.4 Å². The van der Waals surface area contributed by atoms with E-state index in [0.29, 0.717) is 0 Å². The van der Waals surface area contributed by atoms with Gasteiger partial charge in [-0.05, 0) is 19.1 Å². The van der Waals surface area contributed by atoms with E-state index in [1.165, 1.54) is 0 Å². The number of rotatable bonds is 1. The fourth-order valence-corrected chi connectivity index (χ4v) is 0.469. The summed E-state index contributed by atoms with van der Waals surface area (Å²) in [7, 11) is 0. The van der Waals surface area contributed by atoms with E-state index in [0.717, 1.165) is 0 Å². The lowest BCUT2D eigenvalue weighted by Gasteiger charge is -1.81. The molecule has 0 N–H and O–H groups in total. The second kappa shape index (κ2) is 3.47. The number of hydrogen-bond donors (Lipinski definition) is 0. The average molecular weight is 166 g/mol. The molecule has 0 bridgehead atoms. The van der Waals surface area contributed by atoms with Gasteiger partial charge >= 0.3 is 0 Å². The van der Waals surface area contributed by atoms with Gasteiger partial charge in [-0.25, -0.2) is 4.99 Å². The molecule has 0 aliphatic carbocycles. The molecule has 6 heavy (non-hydrogen) atoms. The molecule has 0 saturated carbocycles. The monoisotopic (exact) mass is 165 g/mol. The van der Waals surface area contributed by atoms with E-state index in [1.807, 2.05) is 6.92 Å². The van der Waals surface area contributed by atoms with Crippen molar-refractivity contribution in [3.8, 4) is 0 Å². The zero-order valence-electron chi connectivity index (χ0n) is 3.31. The van der Waals surface area contributed by atoms with E-state index in [1.54, 1.807) is 0 Å². The predicted octanol–water partition coefficient (Wildman–Crippen LogP) is 1.83. The molecule has 0 aromatic heterocycles. The molecular weight excluding hydrogens is 162 g/mol. The third-order valence-electron chi connectivity index (χ3n) is 0.231. The molecule has 0 aliphatic heterocycles. The maximum absolute atomic E-state index is 4.28. The minimum atomic E-state index is 0.120. The molecule has 1 atom stereocenters. The number of hydrogen-bond acceptors (Lipinski definition) is 2. The molecule has 0 aromatic rings. The van der Waals surface area contributed by atoms with Crippen LogP contribution < -0.4 is 0 Å². The van der Waals surface area contributed by atoms with Gasteiger partial charge in [-0.3, -0.25) is 0 Å². The molecular formula is C3H4BrNS. The van der Waals surface area contributed by atoms with Crippen LogP contribution in [0.15, 0.2) is 4.99 Å². The van der Waals surface area contributed by atoms with Crippen molar-refractivity contribution in [2.24, 2.45) is 4.99 Å². The first-order valence-electron chi connectivity index (χ1n) is 1.48. The fourth-order valence-electron chi connectivity index (χ4n) is 0.0726. The minimum Gasteiger partial charge on any atom is -0.218 e. The molecule has 0 saturated heterocycles. The molecule has 34 valence electrons. The molecule has 0 aliphatic rings. The Morgan fingerprint density at radius 1 is 2.00 bits per heavy atom. The van der Waals surface area contributed by atoms with Gasteiger partial charge in [0.15, 0.2) is 0 Å². The molecule has 0 heterocycles. The number of halogens is 1. The molecule has 0 amide bonds. The second-order valence-electron chi connectivity index (χ2n) is 0.794. The fraction of sp³-hybridized carbons (Fsp3) is 0.667. The van der Waals surface area contributed by atoms with Gasteiger partial charge < -0.3 is 0 Å². The van der Waals surface area contributed by atoms with Crippen molar-refractivity contribution in [3.05, 3.63) is 0 Å². The largest absolute Gasteiger partial charge is 0.218 e. The first kappa shape index (κ1) is 6.28. The highest BCUT2D eigenvalue weighted by atomic mass is 79.9. The van der Waals surface area contributed by atoms with E-state index >= 15 is 0 Å². The predicted molar refractivity (Wildman–Crippen MR) is 33.4 cm³/mol. The Morgan fingerprint density at radius 3 is 2.50 bits per heavy atom. The summed E-state index contributed by atoms with van der Waals surface area (Å²) in [5, 5.41) is 2.23. The number of alkyl halides is 1. The van der Waals surface area contributed by atoms with Gasteiger partial charge in [-0.1, -0.05) is 15.9 Å². The summed E-state index contributed by atoms with van der Waals surface area (Å²) in [6, 6.07) is 0. The van der Waals surface area contributed by atoms with Crippen LogP contribution in [-0.4, -0.2) is 10.1 Å². The Bertz CT molecular complexity index is 74.9. The van der Waals surface area contributed by atoms with Gasteiger partial charge in [0.25, 0.3) is 0 Å². The van der Waals surface area contributed by atoms with Crippen molar-refractivity contribution in [1.29, 1.82) is 0 Å². The first-order chi connectivity index (χ1) is 2.77. The van der Waals surface area contributed by atoms with Gasteiger partial charge in [-0.2, -0.15) is 0 Å². The smallest absolute Gasteiger partial charge is 0.112 e. The quantitative estimate of drug-likeness (QED) is 0.250. The van der Waals surface area contributed by atoms with Crippen LogP contribution in [0.4, 0.5) is 0 Å². The van der Waals surface area contributed by atoms with Gasteiger partial charge in [-0.15, -0.1) is 0 Å². The lowest BCUT2D eigenvalue weighted by molar-refractivity contribution is 1.08. The van der Waals surface area contributed by atoms with E-state index < -0.39 is 0 Å². The molecule has 0 fully saturated rings. The number of nitrogens with zero attached hydrogens (tertiary/aromatic N) is 1. The van der Waals surface area contributed by atoms with Gasteiger partial charge in [0.1, 0.15) is 4.95 Å². The van der Waals surface area contributed by atoms with Crippen LogP contribution in [0, 0.1) is 0 Å². The van der Waals surface area contributed by atoms with Crippen molar-refractivity contribution in [2.75, 3.05) is 0 Å². The molecule has 0 rings (SSSR count). The lowest BCUT2D eigenvalue weighted by atomic mass is 10.8. The highest BCUT2D eigenvalue weighted by Crippen LogP contribution is 1.94. The van der Waals surface area contributed by atoms with Gasteiger partial charge in [0.05, 0.1) is 5.16 Å². The Labute approximate surface area is 50.6 Å². The molecule has 0 aromatic carbocycles. The van der Waals surface area contributed by atoms with E-state index in [2.05, 4.69) is 38.3 Å². The van der Waals surface area contributed by atoms with Crippen LogP contribution in [0.1, 0.15) is 6.92 Å². The summed E-state index contributed by atoms with van der Waals surface area (Å²) in [5.74, 6) is 0. The Balaban J connectivity index is 3.29. The zero-order valence-corrected chi connectivity index (χ0v) is 5.71. The van der Waals surface area contributed by atoms with Crippen LogP contribution in [0.25, 0.3) is 0 Å². The highest BCUT2D eigenvalue weighted by Gasteiger charge is 1.80. The highest BCUT2D eigenvalue weighted by molar-refractivity contribution is 9.09. The van der Waals surface area contributed by atoms with E-state index in [4.69, 9.17) is 0 Å².